The molecular weight excluding hydrogens is 377 g/mol. The number of carbonyl (C=O) groups excluding carboxylic acids is 3. The van der Waals surface area contributed by atoms with E-state index in [0.29, 0.717) is 28.9 Å². The van der Waals surface area contributed by atoms with E-state index in [1.807, 2.05) is 0 Å². The monoisotopic (exact) mass is 403 g/mol. The van der Waals surface area contributed by atoms with Crippen molar-refractivity contribution in [1.82, 2.24) is 9.88 Å². The Bertz CT molecular complexity index is 961. The Labute approximate surface area is 168 Å². The van der Waals surface area contributed by atoms with Crippen molar-refractivity contribution < 1.29 is 23.9 Å². The van der Waals surface area contributed by atoms with Crippen molar-refractivity contribution in [2.75, 3.05) is 11.9 Å². The van der Waals surface area contributed by atoms with E-state index in [-0.39, 0.29) is 23.7 Å². The molecule has 2 amide bonds. The zero-order valence-corrected chi connectivity index (χ0v) is 17.2. The number of aliphatic hydroxyl groups excluding tert-OH is 1. The molecule has 0 saturated heterocycles. The van der Waals surface area contributed by atoms with Crippen molar-refractivity contribution in [2.45, 2.75) is 40.2 Å². The molecule has 29 heavy (non-hydrogen) atoms. The van der Waals surface area contributed by atoms with Gasteiger partial charge >= 0.3 is 0 Å². The summed E-state index contributed by atoms with van der Waals surface area (Å²) in [6, 6.07) is 3.71. The van der Waals surface area contributed by atoms with E-state index in [0.717, 1.165) is 0 Å². The van der Waals surface area contributed by atoms with Gasteiger partial charge in [-0.2, -0.15) is 0 Å². The minimum absolute atomic E-state index is 0.105. The summed E-state index contributed by atoms with van der Waals surface area (Å²) in [5.41, 5.74) is 2.10. The fourth-order valence-corrected chi connectivity index (χ4v) is 3.19. The summed E-state index contributed by atoms with van der Waals surface area (Å²) in [7, 11) is 1.60. The number of nitrogens with zero attached hydrogens (tertiary/aromatic N) is 1. The molecule has 0 aliphatic carbocycles. The molecule has 8 heteroatoms. The van der Waals surface area contributed by atoms with E-state index in [1.54, 1.807) is 34.7 Å². The van der Waals surface area contributed by atoms with Crippen LogP contribution in [0.15, 0.2) is 18.2 Å². The Kier molecular flexibility index (Phi) is 6.92. The number of aromatic nitrogens is 1. The molecule has 7 nitrogen and oxygen atoms in total. The Morgan fingerprint density at radius 2 is 1.86 bits per heavy atom. The smallest absolute Gasteiger partial charge is 0.294 e. The van der Waals surface area contributed by atoms with Crippen LogP contribution in [0.4, 0.5) is 10.1 Å². The van der Waals surface area contributed by atoms with Crippen molar-refractivity contribution in [3.63, 3.8) is 0 Å². The molecule has 2 rings (SSSR count). The van der Waals surface area contributed by atoms with Crippen LogP contribution < -0.4 is 10.6 Å². The Morgan fingerprint density at radius 3 is 2.41 bits per heavy atom. The number of Topliss-reactive ketones (excluding diaryl/α,β-unsaturated/α-hetero) is 1. The first kappa shape index (κ1) is 22.3. The van der Waals surface area contributed by atoms with Crippen LogP contribution in [-0.2, 0) is 11.8 Å². The molecule has 0 bridgehead atoms. The number of aliphatic hydroxyl groups is 1. The minimum atomic E-state index is -0.837. The summed E-state index contributed by atoms with van der Waals surface area (Å²) in [4.78, 5) is 37.8. The molecule has 3 N–H and O–H groups in total. The molecule has 0 unspecified atom stereocenters. The highest BCUT2D eigenvalue weighted by Crippen LogP contribution is 2.24. The number of hydrogen-bond acceptors (Lipinski definition) is 4. The number of aryl methyl sites for hydroxylation is 1. The maximum Gasteiger partial charge on any atom is 0.294 e. The number of benzene rings is 1. The van der Waals surface area contributed by atoms with Gasteiger partial charge in [-0.05, 0) is 56.5 Å². The van der Waals surface area contributed by atoms with Crippen molar-refractivity contribution in [3.05, 3.63) is 52.1 Å². The second kappa shape index (κ2) is 9.00. The van der Waals surface area contributed by atoms with Crippen LogP contribution >= 0.6 is 0 Å². The van der Waals surface area contributed by atoms with Gasteiger partial charge in [0.15, 0.2) is 0 Å². The largest absolute Gasteiger partial charge is 0.394 e. The van der Waals surface area contributed by atoms with Gasteiger partial charge in [0.05, 0.1) is 23.9 Å². The molecule has 2 aromatic rings. The lowest BCUT2D eigenvalue weighted by molar-refractivity contribution is -0.118. The number of carbonyl (C=O) groups is 3. The Morgan fingerprint density at radius 1 is 1.21 bits per heavy atom. The van der Waals surface area contributed by atoms with Gasteiger partial charge < -0.3 is 20.3 Å². The zero-order valence-electron chi connectivity index (χ0n) is 17.2. The third-order valence-corrected chi connectivity index (χ3v) is 5.04. The lowest BCUT2D eigenvalue weighted by atomic mass is 10.1. The fourth-order valence-electron chi connectivity index (χ4n) is 3.19. The first-order valence-corrected chi connectivity index (χ1v) is 9.31. The standard InChI is InChI=1S/C21H26FN3O4/c1-6-14(10-26)23-21(29)19(27)18-12(3)17(13(4)25(18)5)20(28)24-15-7-8-16(22)11(2)9-15/h7-9,14,26H,6,10H2,1-5H3,(H,23,29)(H,24,28)/t14-/m0/s1. The van der Waals surface area contributed by atoms with Crippen LogP contribution in [0, 0.1) is 26.6 Å². The average Bonchev–Trinajstić information content (AvgIpc) is 2.90. The number of halogens is 1. The molecule has 0 saturated carbocycles. The maximum atomic E-state index is 13.4. The number of hydrogen-bond donors (Lipinski definition) is 3. The van der Waals surface area contributed by atoms with E-state index in [2.05, 4.69) is 10.6 Å². The second-order valence-corrected chi connectivity index (χ2v) is 7.00. The molecule has 156 valence electrons. The molecule has 1 heterocycles. The highest BCUT2D eigenvalue weighted by molar-refractivity contribution is 6.43. The molecular formula is C21H26FN3O4. The van der Waals surface area contributed by atoms with Gasteiger partial charge in [-0.1, -0.05) is 6.92 Å². The van der Waals surface area contributed by atoms with Crippen molar-refractivity contribution >= 4 is 23.3 Å². The SMILES string of the molecule is CC[C@@H](CO)NC(=O)C(=O)c1c(C)c(C(=O)Nc2ccc(F)c(C)c2)c(C)n1C. The first-order valence-electron chi connectivity index (χ1n) is 9.31. The molecule has 0 fully saturated rings. The predicted molar refractivity (Wildman–Crippen MR) is 108 cm³/mol. The minimum Gasteiger partial charge on any atom is -0.394 e. The molecule has 1 aromatic carbocycles. The Balaban J connectivity index is 2.33. The second-order valence-electron chi connectivity index (χ2n) is 7.00. The summed E-state index contributed by atoms with van der Waals surface area (Å²) in [5, 5.41) is 14.4. The molecule has 0 aliphatic heterocycles. The molecule has 1 atom stereocenters. The number of amides is 2. The molecule has 0 radical (unpaired) electrons. The lowest BCUT2D eigenvalue weighted by Gasteiger charge is -2.13. The van der Waals surface area contributed by atoms with Crippen molar-refractivity contribution in [3.8, 4) is 0 Å². The first-order chi connectivity index (χ1) is 13.6. The van der Waals surface area contributed by atoms with E-state index in [9.17, 15) is 23.9 Å². The molecule has 0 aliphatic rings. The highest BCUT2D eigenvalue weighted by Gasteiger charge is 2.29. The lowest BCUT2D eigenvalue weighted by Crippen LogP contribution is -2.41. The Hall–Kier alpha value is -3.00. The van der Waals surface area contributed by atoms with E-state index in [1.165, 1.54) is 22.8 Å². The van der Waals surface area contributed by atoms with Gasteiger partial charge in [-0.25, -0.2) is 4.39 Å². The van der Waals surface area contributed by atoms with Crippen LogP contribution in [0.5, 0.6) is 0 Å². The van der Waals surface area contributed by atoms with Gasteiger partial charge in [0, 0.05) is 18.4 Å². The summed E-state index contributed by atoms with van der Waals surface area (Å²) in [6.45, 7) is 6.38. The summed E-state index contributed by atoms with van der Waals surface area (Å²) in [5.74, 6) is -2.45. The fraction of sp³-hybridized carbons (Fsp3) is 0.381. The normalized spacial score (nSPS) is 11.8. The average molecular weight is 403 g/mol. The van der Waals surface area contributed by atoms with Gasteiger partial charge in [-0.3, -0.25) is 14.4 Å². The summed E-state index contributed by atoms with van der Waals surface area (Å²) < 4.78 is 14.9. The van der Waals surface area contributed by atoms with Gasteiger partial charge in [-0.15, -0.1) is 0 Å². The highest BCUT2D eigenvalue weighted by atomic mass is 19.1. The van der Waals surface area contributed by atoms with Crippen LogP contribution in [-0.4, -0.2) is 39.9 Å². The number of rotatable bonds is 7. The van der Waals surface area contributed by atoms with Gasteiger partial charge in [0.1, 0.15) is 5.82 Å². The third kappa shape index (κ3) is 4.54. The predicted octanol–water partition coefficient (Wildman–Crippen LogP) is 2.41. The van der Waals surface area contributed by atoms with Gasteiger partial charge in [0.2, 0.25) is 0 Å². The topological polar surface area (TPSA) is 100 Å². The van der Waals surface area contributed by atoms with E-state index < -0.39 is 23.6 Å². The van der Waals surface area contributed by atoms with Crippen molar-refractivity contribution in [2.24, 2.45) is 7.05 Å². The van der Waals surface area contributed by atoms with Crippen LogP contribution in [0.3, 0.4) is 0 Å². The summed E-state index contributed by atoms with van der Waals surface area (Å²) >= 11 is 0. The van der Waals surface area contributed by atoms with Crippen LogP contribution in [0.25, 0.3) is 0 Å². The van der Waals surface area contributed by atoms with Crippen LogP contribution in [0.2, 0.25) is 0 Å². The quantitative estimate of drug-likeness (QED) is 0.488. The number of nitrogens with one attached hydrogen (secondary N) is 2. The molecule has 0 spiro atoms. The van der Waals surface area contributed by atoms with Gasteiger partial charge in [0.25, 0.3) is 17.6 Å². The summed E-state index contributed by atoms with van der Waals surface area (Å²) in [6.07, 6.45) is 0.478. The van der Waals surface area contributed by atoms with Crippen molar-refractivity contribution in [1.29, 1.82) is 0 Å². The van der Waals surface area contributed by atoms with E-state index >= 15 is 0 Å². The number of ketones is 1. The molecule has 1 aromatic heterocycles. The van der Waals surface area contributed by atoms with Crippen LogP contribution in [0.1, 0.15) is 51.0 Å². The number of anilines is 1. The zero-order chi connectivity index (χ0) is 21.9. The maximum absolute atomic E-state index is 13.4. The third-order valence-electron chi connectivity index (χ3n) is 5.04. The van der Waals surface area contributed by atoms with E-state index in [4.69, 9.17) is 0 Å².